The van der Waals surface area contributed by atoms with E-state index in [9.17, 15) is 18.5 Å². The molecule has 25 heavy (non-hydrogen) atoms. The van der Waals surface area contributed by atoms with Crippen molar-refractivity contribution in [3.05, 3.63) is 45.8 Å². The van der Waals surface area contributed by atoms with Gasteiger partial charge in [0, 0.05) is 24.5 Å². The number of nitrogens with one attached hydrogen (secondary N) is 1. The molecule has 0 saturated carbocycles. The average molecular weight is 375 g/mol. The van der Waals surface area contributed by atoms with Gasteiger partial charge in [-0.2, -0.15) is 5.26 Å². The second-order valence-electron chi connectivity index (χ2n) is 5.94. The van der Waals surface area contributed by atoms with Crippen LogP contribution in [0.1, 0.15) is 32.8 Å². The smallest absolute Gasteiger partial charge is 0.256 e. The molecule has 1 N–H and O–H groups in total. The van der Waals surface area contributed by atoms with Crippen LogP contribution >= 0.6 is 11.3 Å². The lowest BCUT2D eigenvalue weighted by atomic mass is 10.1. The van der Waals surface area contributed by atoms with Crippen molar-refractivity contribution >= 4 is 32.3 Å². The number of hydrogen-bond donors (Lipinski definition) is 1. The van der Waals surface area contributed by atoms with Gasteiger partial charge < -0.3 is 5.32 Å². The van der Waals surface area contributed by atoms with Gasteiger partial charge in [-0.3, -0.25) is 4.79 Å². The van der Waals surface area contributed by atoms with Crippen LogP contribution in [0.5, 0.6) is 0 Å². The lowest BCUT2D eigenvalue weighted by Crippen LogP contribution is -2.22. The zero-order valence-electron chi connectivity index (χ0n) is 13.9. The molecule has 0 aliphatic heterocycles. The van der Waals surface area contributed by atoms with Gasteiger partial charge in [-0.05, 0) is 49.1 Å². The van der Waals surface area contributed by atoms with Crippen molar-refractivity contribution in [2.24, 2.45) is 0 Å². The number of aryl methyl sites for hydroxylation is 1. The van der Waals surface area contributed by atoms with E-state index in [1.165, 1.54) is 54.6 Å². The number of rotatable bonds is 4. The first-order valence-electron chi connectivity index (χ1n) is 7.73. The number of carbonyl (C=O) groups is 1. The van der Waals surface area contributed by atoms with Crippen LogP contribution in [0, 0.1) is 11.3 Å². The molecule has 0 unspecified atom stereocenters. The van der Waals surface area contributed by atoms with Gasteiger partial charge in [0.25, 0.3) is 5.91 Å². The number of amides is 1. The molecule has 8 heteroatoms. The zero-order chi connectivity index (χ0) is 18.2. The number of benzene rings is 1. The molecule has 1 aliphatic carbocycles. The van der Waals surface area contributed by atoms with Gasteiger partial charge in [0.15, 0.2) is 0 Å². The first kappa shape index (κ1) is 17.6. The van der Waals surface area contributed by atoms with Crippen LogP contribution in [-0.2, 0) is 22.9 Å². The summed E-state index contributed by atoms with van der Waals surface area (Å²) in [6.45, 7) is 0. The van der Waals surface area contributed by atoms with Gasteiger partial charge >= 0.3 is 0 Å². The molecule has 1 aliphatic rings. The minimum absolute atomic E-state index is 0.127. The first-order valence-corrected chi connectivity index (χ1v) is 9.99. The van der Waals surface area contributed by atoms with Crippen molar-refractivity contribution in [2.45, 2.75) is 24.2 Å². The fraction of sp³-hybridized carbons (Fsp3) is 0.294. The van der Waals surface area contributed by atoms with E-state index in [0.717, 1.165) is 29.1 Å². The highest BCUT2D eigenvalue weighted by Crippen LogP contribution is 2.38. The van der Waals surface area contributed by atoms with Crippen LogP contribution in [0.25, 0.3) is 0 Å². The molecule has 130 valence electrons. The largest absolute Gasteiger partial charge is 0.312 e. The quantitative estimate of drug-likeness (QED) is 0.889. The Morgan fingerprint density at radius 3 is 2.52 bits per heavy atom. The maximum absolute atomic E-state index is 12.4. The number of thiophene rings is 1. The maximum Gasteiger partial charge on any atom is 0.256 e. The predicted octanol–water partition coefficient (Wildman–Crippen LogP) is 2.61. The normalized spacial score (nSPS) is 13.5. The van der Waals surface area contributed by atoms with Crippen LogP contribution in [-0.4, -0.2) is 32.7 Å². The van der Waals surface area contributed by atoms with Crippen molar-refractivity contribution in [1.82, 2.24) is 4.31 Å². The fourth-order valence-corrected chi connectivity index (χ4v) is 4.91. The highest BCUT2D eigenvalue weighted by molar-refractivity contribution is 7.89. The van der Waals surface area contributed by atoms with Gasteiger partial charge in [-0.15, -0.1) is 11.3 Å². The Balaban J connectivity index is 1.82. The van der Waals surface area contributed by atoms with Gasteiger partial charge in [0.2, 0.25) is 10.0 Å². The Morgan fingerprint density at radius 2 is 1.92 bits per heavy atom. The number of nitrogens with zero attached hydrogens (tertiary/aromatic N) is 2. The van der Waals surface area contributed by atoms with E-state index in [1.807, 2.05) is 0 Å². The molecule has 0 atom stereocenters. The summed E-state index contributed by atoms with van der Waals surface area (Å²) in [7, 11) is -0.619. The lowest BCUT2D eigenvalue weighted by Gasteiger charge is -2.11. The fourth-order valence-electron chi connectivity index (χ4n) is 2.78. The molecule has 0 bridgehead atoms. The number of carbonyl (C=O) groups excluding carboxylic acids is 1. The van der Waals surface area contributed by atoms with Crippen molar-refractivity contribution in [1.29, 1.82) is 5.26 Å². The third-order valence-electron chi connectivity index (χ3n) is 4.16. The van der Waals surface area contributed by atoms with Crippen molar-refractivity contribution in [3.63, 3.8) is 0 Å². The molecule has 1 heterocycles. The molecular formula is C17H17N3O3S2. The summed E-state index contributed by atoms with van der Waals surface area (Å²) >= 11 is 1.45. The summed E-state index contributed by atoms with van der Waals surface area (Å²) < 4.78 is 25.2. The molecule has 1 aromatic heterocycles. The third kappa shape index (κ3) is 3.18. The number of sulfonamides is 1. The van der Waals surface area contributed by atoms with Gasteiger partial charge in [-0.1, -0.05) is 0 Å². The van der Waals surface area contributed by atoms with E-state index in [0.29, 0.717) is 16.1 Å². The summed E-state index contributed by atoms with van der Waals surface area (Å²) in [5.74, 6) is -0.356. The standard InChI is InChI=1S/C17H17N3O3S2/c1-20(2)25(22,23)12-8-6-11(7-9-12)16(21)19-17-14(10-18)13-4-3-5-15(13)24-17/h6-9H,3-5H2,1-2H3,(H,19,21). The molecule has 0 fully saturated rings. The van der Waals surface area contributed by atoms with Crippen molar-refractivity contribution < 1.29 is 13.2 Å². The molecule has 0 spiro atoms. The van der Waals surface area contributed by atoms with Crippen LogP contribution in [0.2, 0.25) is 0 Å². The Kier molecular flexibility index (Phi) is 4.64. The SMILES string of the molecule is CN(C)S(=O)(=O)c1ccc(C(=O)Nc2sc3c(c2C#N)CCC3)cc1. The molecular weight excluding hydrogens is 358 g/mol. The van der Waals surface area contributed by atoms with E-state index in [1.54, 1.807) is 0 Å². The van der Waals surface area contributed by atoms with Crippen LogP contribution < -0.4 is 5.32 Å². The second kappa shape index (κ2) is 6.59. The second-order valence-corrected chi connectivity index (χ2v) is 9.20. The van der Waals surface area contributed by atoms with Crippen LogP contribution in [0.15, 0.2) is 29.2 Å². The minimum Gasteiger partial charge on any atom is -0.312 e. The predicted molar refractivity (Wildman–Crippen MR) is 96.3 cm³/mol. The van der Waals surface area contributed by atoms with E-state index in [-0.39, 0.29) is 10.8 Å². The average Bonchev–Trinajstić information content (AvgIpc) is 3.15. The van der Waals surface area contributed by atoms with E-state index in [4.69, 9.17) is 0 Å². The Labute approximate surface area is 150 Å². The van der Waals surface area contributed by atoms with Gasteiger partial charge in [0.1, 0.15) is 11.1 Å². The van der Waals surface area contributed by atoms with Gasteiger partial charge in [0.05, 0.1) is 10.5 Å². The summed E-state index contributed by atoms with van der Waals surface area (Å²) in [5, 5.41) is 12.7. The lowest BCUT2D eigenvalue weighted by molar-refractivity contribution is 0.102. The Bertz CT molecular complexity index is 968. The highest BCUT2D eigenvalue weighted by Gasteiger charge is 2.23. The topological polar surface area (TPSA) is 90.3 Å². The summed E-state index contributed by atoms with van der Waals surface area (Å²) in [5.41, 5.74) is 1.95. The number of anilines is 1. The van der Waals surface area contributed by atoms with E-state index >= 15 is 0 Å². The summed E-state index contributed by atoms with van der Waals surface area (Å²) in [6, 6.07) is 7.94. The minimum atomic E-state index is -3.53. The van der Waals surface area contributed by atoms with Crippen molar-refractivity contribution in [3.8, 4) is 6.07 Å². The first-order chi connectivity index (χ1) is 11.8. The molecule has 0 radical (unpaired) electrons. The molecule has 1 aromatic carbocycles. The van der Waals surface area contributed by atoms with Gasteiger partial charge in [-0.25, -0.2) is 12.7 Å². The van der Waals surface area contributed by atoms with E-state index < -0.39 is 10.0 Å². The number of hydrogen-bond acceptors (Lipinski definition) is 5. The summed E-state index contributed by atoms with van der Waals surface area (Å²) in [6.07, 6.45) is 2.87. The van der Waals surface area contributed by atoms with Crippen LogP contribution in [0.4, 0.5) is 5.00 Å². The van der Waals surface area contributed by atoms with Crippen LogP contribution in [0.3, 0.4) is 0 Å². The number of nitriles is 1. The van der Waals surface area contributed by atoms with E-state index in [2.05, 4.69) is 11.4 Å². The third-order valence-corrected chi connectivity index (χ3v) is 7.19. The highest BCUT2D eigenvalue weighted by atomic mass is 32.2. The Morgan fingerprint density at radius 1 is 1.24 bits per heavy atom. The molecule has 2 aromatic rings. The molecule has 0 saturated heterocycles. The molecule has 3 rings (SSSR count). The molecule has 6 nitrogen and oxygen atoms in total. The maximum atomic E-state index is 12.4. The monoisotopic (exact) mass is 375 g/mol. The Hall–Kier alpha value is -2.21. The zero-order valence-corrected chi connectivity index (χ0v) is 15.5. The number of fused-ring (bicyclic) bond motifs is 1. The summed E-state index contributed by atoms with van der Waals surface area (Å²) in [4.78, 5) is 13.7. The van der Waals surface area contributed by atoms with Crippen molar-refractivity contribution in [2.75, 3.05) is 19.4 Å². The molecule has 1 amide bonds.